The van der Waals surface area contributed by atoms with Gasteiger partial charge in [0.25, 0.3) is 0 Å². The maximum atomic E-state index is 10.7. The van der Waals surface area contributed by atoms with E-state index in [0.717, 1.165) is 0 Å². The van der Waals surface area contributed by atoms with Crippen molar-refractivity contribution in [1.29, 1.82) is 0 Å². The van der Waals surface area contributed by atoms with Gasteiger partial charge in [0.15, 0.2) is 10.7 Å². The summed E-state index contributed by atoms with van der Waals surface area (Å²) in [5.74, 6) is 0.197. The predicted molar refractivity (Wildman–Crippen MR) is 50.8 cm³/mol. The molecule has 0 aromatic heterocycles. The molecule has 0 spiro atoms. The van der Waals surface area contributed by atoms with Crippen molar-refractivity contribution in [2.75, 3.05) is 0 Å². The first kappa shape index (κ1) is 10.1. The van der Waals surface area contributed by atoms with Crippen molar-refractivity contribution in [2.45, 2.75) is 25.2 Å². The third-order valence-electron chi connectivity index (χ3n) is 1.96. The van der Waals surface area contributed by atoms with Crippen LogP contribution in [0.25, 0.3) is 0 Å². The lowest BCUT2D eigenvalue weighted by atomic mass is 10.1. The molecule has 13 heavy (non-hydrogen) atoms. The van der Waals surface area contributed by atoms with Crippen LogP contribution in [0.1, 0.15) is 18.1 Å². The number of aryl methyl sites for hydroxylation is 2. The topological polar surface area (TPSA) is 54.4 Å². The van der Waals surface area contributed by atoms with Crippen LogP contribution in [0, 0.1) is 6.92 Å². The molecule has 72 valence electrons. The predicted octanol–water partition coefficient (Wildman–Crippen LogP) is 1.23. The van der Waals surface area contributed by atoms with Gasteiger partial charge in [-0.1, -0.05) is 6.92 Å². The third kappa shape index (κ3) is 2.01. The highest BCUT2D eigenvalue weighted by molar-refractivity contribution is 7.72. The fourth-order valence-electron chi connectivity index (χ4n) is 1.21. The summed E-state index contributed by atoms with van der Waals surface area (Å²) in [6, 6.07) is 2.98. The molecule has 0 heterocycles. The van der Waals surface area contributed by atoms with Crippen LogP contribution >= 0.6 is 0 Å². The lowest BCUT2D eigenvalue weighted by molar-refractivity contribution is 0.464. The summed E-state index contributed by atoms with van der Waals surface area (Å²) in [7, 11) is -2.56. The molecule has 0 saturated heterocycles. The molecule has 0 unspecified atom stereocenters. The van der Waals surface area contributed by atoms with Gasteiger partial charge in [0, 0.05) is 0 Å². The van der Waals surface area contributed by atoms with Crippen molar-refractivity contribution < 1.29 is 13.5 Å². The molecule has 0 atom stereocenters. The molecule has 3 nitrogen and oxygen atoms in total. The zero-order valence-corrected chi connectivity index (χ0v) is 8.47. The average Bonchev–Trinajstić information content (AvgIpc) is 2.09. The molecule has 0 fully saturated rings. The quantitative estimate of drug-likeness (QED) is 0.706. The lowest BCUT2D eigenvalue weighted by Gasteiger charge is -2.05. The minimum Gasteiger partial charge on any atom is -0.507 e. The summed E-state index contributed by atoms with van der Waals surface area (Å²) in [5, 5.41) is 9.51. The molecule has 0 aliphatic rings. The van der Waals surface area contributed by atoms with E-state index in [4.69, 9.17) is 0 Å². The van der Waals surface area contributed by atoms with Gasteiger partial charge in [-0.2, -0.15) is 0 Å². The number of hydrogen-bond acceptors (Lipinski definition) is 3. The molecular formula is C9H12O3S. The number of aromatic hydroxyl groups is 1. The van der Waals surface area contributed by atoms with E-state index in [0.29, 0.717) is 17.5 Å². The molecule has 1 aromatic rings. The van der Waals surface area contributed by atoms with Gasteiger partial charge in [0.05, 0.1) is 4.90 Å². The van der Waals surface area contributed by atoms with E-state index in [-0.39, 0.29) is 10.6 Å². The van der Waals surface area contributed by atoms with E-state index >= 15 is 0 Å². The molecular weight excluding hydrogens is 188 g/mol. The van der Waals surface area contributed by atoms with E-state index in [1.165, 1.54) is 12.1 Å². The van der Waals surface area contributed by atoms with Crippen molar-refractivity contribution in [3.63, 3.8) is 0 Å². The summed E-state index contributed by atoms with van der Waals surface area (Å²) < 4.78 is 21.4. The third-order valence-corrected chi connectivity index (χ3v) is 2.64. The Hall–Kier alpha value is -1.03. The Balaban J connectivity index is 3.38. The minimum absolute atomic E-state index is 0.197. The molecule has 0 radical (unpaired) electrons. The second kappa shape index (κ2) is 3.79. The van der Waals surface area contributed by atoms with Crippen LogP contribution in [-0.4, -0.2) is 13.5 Å². The van der Waals surface area contributed by atoms with Gasteiger partial charge >= 0.3 is 0 Å². The summed E-state index contributed by atoms with van der Waals surface area (Å²) in [5.41, 5.74) is 1.28. The number of thiol groups is 1. The Morgan fingerprint density at radius 1 is 1.38 bits per heavy atom. The van der Waals surface area contributed by atoms with Crippen LogP contribution in [-0.2, 0) is 17.1 Å². The van der Waals surface area contributed by atoms with Gasteiger partial charge in [-0.3, -0.25) is 0 Å². The summed E-state index contributed by atoms with van der Waals surface area (Å²) >= 11 is 0. The van der Waals surface area contributed by atoms with Crippen molar-refractivity contribution in [3.05, 3.63) is 23.3 Å². The van der Waals surface area contributed by atoms with Gasteiger partial charge < -0.3 is 5.11 Å². The van der Waals surface area contributed by atoms with Gasteiger partial charge in [-0.05, 0) is 36.6 Å². The highest BCUT2D eigenvalue weighted by Gasteiger charge is 2.06. The molecule has 0 saturated carbocycles. The Bertz CT molecular complexity index is 386. The SMILES string of the molecule is CCc1cc([SH](=O)=O)cc(C)c1O. The van der Waals surface area contributed by atoms with Gasteiger partial charge in [0.2, 0.25) is 0 Å². The molecule has 0 aliphatic carbocycles. The fraction of sp³-hybridized carbons (Fsp3) is 0.333. The van der Waals surface area contributed by atoms with E-state index < -0.39 is 10.7 Å². The monoisotopic (exact) mass is 200 g/mol. The molecule has 0 aliphatic heterocycles. The summed E-state index contributed by atoms with van der Waals surface area (Å²) in [6.07, 6.45) is 0.629. The van der Waals surface area contributed by atoms with E-state index in [9.17, 15) is 13.5 Å². The largest absolute Gasteiger partial charge is 0.507 e. The highest BCUT2D eigenvalue weighted by atomic mass is 32.2. The number of benzene rings is 1. The maximum Gasteiger partial charge on any atom is 0.168 e. The molecule has 1 aromatic carbocycles. The average molecular weight is 200 g/mol. The first-order valence-electron chi connectivity index (χ1n) is 4.03. The zero-order valence-electron chi connectivity index (χ0n) is 7.57. The second-order valence-corrected chi connectivity index (χ2v) is 3.91. The molecule has 1 N–H and O–H groups in total. The van der Waals surface area contributed by atoms with E-state index in [1.807, 2.05) is 6.92 Å². The molecule has 0 bridgehead atoms. The van der Waals surface area contributed by atoms with Crippen molar-refractivity contribution in [3.8, 4) is 5.75 Å². The minimum atomic E-state index is -2.56. The molecule has 4 heteroatoms. The summed E-state index contributed by atoms with van der Waals surface area (Å²) in [4.78, 5) is 0.266. The zero-order chi connectivity index (χ0) is 10.0. The van der Waals surface area contributed by atoms with Crippen LogP contribution in [0.2, 0.25) is 0 Å². The maximum absolute atomic E-state index is 10.7. The Labute approximate surface area is 79.0 Å². The van der Waals surface area contributed by atoms with Crippen molar-refractivity contribution >= 4 is 10.7 Å². The van der Waals surface area contributed by atoms with Gasteiger partial charge in [-0.15, -0.1) is 0 Å². The Morgan fingerprint density at radius 3 is 2.46 bits per heavy atom. The number of phenolic OH excluding ortho intramolecular Hbond substituents is 1. The lowest BCUT2D eigenvalue weighted by Crippen LogP contribution is -1.89. The molecule has 1 rings (SSSR count). The second-order valence-electron chi connectivity index (χ2n) is 2.88. The Kier molecular flexibility index (Phi) is 2.93. The molecule has 0 amide bonds. The van der Waals surface area contributed by atoms with E-state index in [1.54, 1.807) is 6.92 Å². The summed E-state index contributed by atoms with van der Waals surface area (Å²) in [6.45, 7) is 3.56. The van der Waals surface area contributed by atoms with Crippen LogP contribution in [0.5, 0.6) is 5.75 Å². The van der Waals surface area contributed by atoms with Gasteiger partial charge in [-0.25, -0.2) is 8.42 Å². The first-order valence-corrected chi connectivity index (χ1v) is 5.21. The Morgan fingerprint density at radius 2 is 2.00 bits per heavy atom. The fourth-order valence-corrected chi connectivity index (χ4v) is 1.77. The van der Waals surface area contributed by atoms with Gasteiger partial charge in [0.1, 0.15) is 5.75 Å². The van der Waals surface area contributed by atoms with E-state index in [2.05, 4.69) is 0 Å². The van der Waals surface area contributed by atoms with Crippen LogP contribution in [0.4, 0.5) is 0 Å². The number of rotatable bonds is 2. The van der Waals surface area contributed by atoms with Crippen molar-refractivity contribution in [2.24, 2.45) is 0 Å². The normalized spacial score (nSPS) is 10.7. The van der Waals surface area contributed by atoms with Crippen LogP contribution in [0.3, 0.4) is 0 Å². The standard InChI is InChI=1S/C9H12O3S/c1-3-7-5-8(13(11)12)4-6(2)9(7)10/h4-5,10,13H,3H2,1-2H3. The van der Waals surface area contributed by atoms with Crippen LogP contribution in [0.15, 0.2) is 17.0 Å². The van der Waals surface area contributed by atoms with Crippen molar-refractivity contribution in [1.82, 2.24) is 0 Å². The smallest absolute Gasteiger partial charge is 0.168 e. The first-order chi connectivity index (χ1) is 6.06. The number of hydrogen-bond donors (Lipinski definition) is 2. The number of phenols is 1. The highest BCUT2D eigenvalue weighted by Crippen LogP contribution is 2.24. The van der Waals surface area contributed by atoms with Crippen LogP contribution < -0.4 is 0 Å².